The fourth-order valence-corrected chi connectivity index (χ4v) is 2.64. The van der Waals surface area contributed by atoms with Gasteiger partial charge in [-0.15, -0.1) is 0 Å². The largest absolute Gasteiger partial charge is 0.345 e. The number of amides is 1. The van der Waals surface area contributed by atoms with E-state index >= 15 is 0 Å². The molecule has 1 amide bonds. The third kappa shape index (κ3) is 4.48. The molecule has 0 saturated heterocycles. The quantitative estimate of drug-likeness (QED) is 0.760. The summed E-state index contributed by atoms with van der Waals surface area (Å²) in [6.07, 6.45) is 2.65. The second-order valence-electron chi connectivity index (χ2n) is 6.13. The molecule has 1 aromatic carbocycles. The van der Waals surface area contributed by atoms with Gasteiger partial charge in [0, 0.05) is 31.4 Å². The van der Waals surface area contributed by atoms with Crippen molar-refractivity contribution in [1.29, 1.82) is 0 Å². The van der Waals surface area contributed by atoms with Crippen LogP contribution in [0.1, 0.15) is 38.4 Å². The highest BCUT2D eigenvalue weighted by Crippen LogP contribution is 2.12. The molecular weight excluding hydrogens is 272 g/mol. The van der Waals surface area contributed by atoms with Gasteiger partial charge < -0.3 is 9.47 Å². The lowest BCUT2D eigenvalue weighted by molar-refractivity contribution is -0.132. The van der Waals surface area contributed by atoms with E-state index in [0.717, 1.165) is 13.1 Å². The van der Waals surface area contributed by atoms with Gasteiger partial charge in [-0.2, -0.15) is 0 Å². The van der Waals surface area contributed by atoms with Gasteiger partial charge in [0.2, 0.25) is 5.91 Å². The summed E-state index contributed by atoms with van der Waals surface area (Å²) >= 11 is 0. The predicted octanol–water partition coefficient (Wildman–Crippen LogP) is 3.93. The van der Waals surface area contributed by atoms with Crippen LogP contribution in [-0.4, -0.2) is 21.9 Å². The molecule has 0 aliphatic heterocycles. The maximum absolute atomic E-state index is 12.2. The highest BCUT2D eigenvalue weighted by atomic mass is 16.2. The molecule has 0 atom stereocenters. The Morgan fingerprint density at radius 1 is 1.14 bits per heavy atom. The van der Waals surface area contributed by atoms with Gasteiger partial charge in [0.25, 0.3) is 0 Å². The fourth-order valence-electron chi connectivity index (χ4n) is 2.64. The number of carbonyl (C=O) groups excluding carboxylic acids is 1. The van der Waals surface area contributed by atoms with Gasteiger partial charge in [0.05, 0.1) is 6.54 Å². The first-order chi connectivity index (χ1) is 10.6. The average molecular weight is 298 g/mol. The lowest BCUT2D eigenvalue weighted by Gasteiger charge is -2.25. The van der Waals surface area contributed by atoms with Crippen LogP contribution in [0.4, 0.5) is 0 Å². The van der Waals surface area contributed by atoms with Crippen molar-refractivity contribution in [2.45, 2.75) is 40.3 Å². The van der Waals surface area contributed by atoms with E-state index in [4.69, 9.17) is 0 Å². The van der Waals surface area contributed by atoms with Crippen LogP contribution in [0.25, 0.3) is 0 Å². The third-order valence-electron chi connectivity index (χ3n) is 3.71. The number of benzene rings is 1. The predicted molar refractivity (Wildman–Crippen MR) is 90.5 cm³/mol. The van der Waals surface area contributed by atoms with Crippen LogP contribution in [0.2, 0.25) is 0 Å². The van der Waals surface area contributed by atoms with Crippen molar-refractivity contribution in [3.63, 3.8) is 0 Å². The van der Waals surface area contributed by atoms with E-state index in [1.54, 1.807) is 0 Å². The third-order valence-corrected chi connectivity index (χ3v) is 3.71. The normalized spacial score (nSPS) is 10.9. The van der Waals surface area contributed by atoms with Crippen LogP contribution in [0, 0.1) is 5.92 Å². The summed E-state index contributed by atoms with van der Waals surface area (Å²) in [5.41, 5.74) is 2.46. The van der Waals surface area contributed by atoms with Crippen LogP contribution in [0.5, 0.6) is 0 Å². The molecule has 0 unspecified atom stereocenters. The summed E-state index contributed by atoms with van der Waals surface area (Å²) in [4.78, 5) is 14.1. The molecule has 0 fully saturated rings. The number of nitrogens with zero attached hydrogens (tertiary/aromatic N) is 2. The minimum absolute atomic E-state index is 0.223. The molecule has 1 heterocycles. The van der Waals surface area contributed by atoms with Crippen LogP contribution in [0.3, 0.4) is 0 Å². The first-order valence-corrected chi connectivity index (χ1v) is 8.05. The zero-order valence-electron chi connectivity index (χ0n) is 13.8. The number of carbonyl (C=O) groups is 1. The van der Waals surface area contributed by atoms with Gasteiger partial charge in [-0.3, -0.25) is 4.79 Å². The number of rotatable bonds is 7. The number of hydrogen-bond donors (Lipinski definition) is 0. The molecule has 0 radical (unpaired) electrons. The van der Waals surface area contributed by atoms with E-state index in [-0.39, 0.29) is 5.91 Å². The summed E-state index contributed by atoms with van der Waals surface area (Å²) in [6.45, 7) is 8.57. The number of hydrogen-bond acceptors (Lipinski definition) is 1. The van der Waals surface area contributed by atoms with E-state index in [2.05, 4.69) is 61.0 Å². The van der Waals surface area contributed by atoms with Crippen molar-refractivity contribution in [3.8, 4) is 0 Å². The SMILES string of the molecule is CCC(=O)N(Cc1cccn1Cc1ccccc1)CC(C)C. The van der Waals surface area contributed by atoms with Gasteiger partial charge in [-0.05, 0) is 23.6 Å². The Labute approximate surface area is 133 Å². The molecule has 0 saturated carbocycles. The monoisotopic (exact) mass is 298 g/mol. The molecule has 2 aromatic rings. The van der Waals surface area contributed by atoms with Gasteiger partial charge in [-0.25, -0.2) is 0 Å². The molecule has 1 aromatic heterocycles. The van der Waals surface area contributed by atoms with Crippen molar-refractivity contribution in [3.05, 3.63) is 59.9 Å². The highest BCUT2D eigenvalue weighted by Gasteiger charge is 2.15. The molecule has 0 spiro atoms. The molecule has 0 aliphatic carbocycles. The van der Waals surface area contributed by atoms with Gasteiger partial charge in [-0.1, -0.05) is 51.1 Å². The maximum atomic E-state index is 12.2. The Balaban J connectivity index is 2.11. The zero-order valence-corrected chi connectivity index (χ0v) is 13.8. The van der Waals surface area contributed by atoms with Crippen LogP contribution >= 0.6 is 0 Å². The summed E-state index contributed by atoms with van der Waals surface area (Å²) in [5, 5.41) is 0. The minimum Gasteiger partial charge on any atom is -0.345 e. The fraction of sp³-hybridized carbons (Fsp3) is 0.421. The Hall–Kier alpha value is -2.03. The van der Waals surface area contributed by atoms with E-state index in [1.807, 2.05) is 17.9 Å². The standard InChI is InChI=1S/C19H26N2O/c1-4-19(22)21(13-16(2)3)15-18-11-8-12-20(18)14-17-9-6-5-7-10-17/h5-12,16H,4,13-15H2,1-3H3. The smallest absolute Gasteiger partial charge is 0.222 e. The maximum Gasteiger partial charge on any atom is 0.222 e. The van der Waals surface area contributed by atoms with Crippen molar-refractivity contribution in [2.75, 3.05) is 6.54 Å². The van der Waals surface area contributed by atoms with Crippen molar-refractivity contribution >= 4 is 5.91 Å². The average Bonchev–Trinajstić information content (AvgIpc) is 2.93. The topological polar surface area (TPSA) is 25.2 Å². The van der Waals surface area contributed by atoms with Crippen LogP contribution in [0.15, 0.2) is 48.7 Å². The molecule has 118 valence electrons. The molecule has 0 N–H and O–H groups in total. The molecule has 22 heavy (non-hydrogen) atoms. The Morgan fingerprint density at radius 3 is 2.50 bits per heavy atom. The van der Waals surface area contributed by atoms with E-state index in [9.17, 15) is 4.79 Å². The van der Waals surface area contributed by atoms with Gasteiger partial charge >= 0.3 is 0 Å². The Morgan fingerprint density at radius 2 is 1.86 bits per heavy atom. The molecular formula is C19H26N2O. The Bertz CT molecular complexity index is 586. The van der Waals surface area contributed by atoms with E-state index in [1.165, 1.54) is 11.3 Å². The first kappa shape index (κ1) is 16.3. The van der Waals surface area contributed by atoms with Gasteiger partial charge in [0.15, 0.2) is 0 Å². The Kier molecular flexibility index (Phi) is 5.82. The summed E-state index contributed by atoms with van der Waals surface area (Å²) in [5.74, 6) is 0.703. The molecule has 0 aliphatic rings. The second kappa shape index (κ2) is 7.83. The molecule has 2 rings (SSSR count). The zero-order chi connectivity index (χ0) is 15.9. The minimum atomic E-state index is 0.223. The molecule has 0 bridgehead atoms. The van der Waals surface area contributed by atoms with Crippen LogP contribution in [-0.2, 0) is 17.9 Å². The molecule has 3 nitrogen and oxygen atoms in total. The van der Waals surface area contributed by atoms with Gasteiger partial charge in [0.1, 0.15) is 0 Å². The van der Waals surface area contributed by atoms with Crippen molar-refractivity contribution in [2.24, 2.45) is 5.92 Å². The van der Waals surface area contributed by atoms with Crippen LogP contribution < -0.4 is 0 Å². The molecule has 3 heteroatoms. The number of aromatic nitrogens is 1. The lowest BCUT2D eigenvalue weighted by atomic mass is 10.2. The van der Waals surface area contributed by atoms with Crippen molar-refractivity contribution < 1.29 is 4.79 Å². The summed E-state index contributed by atoms with van der Waals surface area (Å²) in [6, 6.07) is 14.6. The first-order valence-electron chi connectivity index (χ1n) is 8.05. The second-order valence-corrected chi connectivity index (χ2v) is 6.13. The van der Waals surface area contributed by atoms with Crippen molar-refractivity contribution in [1.82, 2.24) is 9.47 Å². The summed E-state index contributed by atoms with van der Waals surface area (Å²) < 4.78 is 2.23. The van der Waals surface area contributed by atoms with E-state index < -0.39 is 0 Å². The summed E-state index contributed by atoms with van der Waals surface area (Å²) in [7, 11) is 0. The lowest BCUT2D eigenvalue weighted by Crippen LogP contribution is -2.33. The van der Waals surface area contributed by atoms with E-state index in [0.29, 0.717) is 18.9 Å². The highest BCUT2D eigenvalue weighted by molar-refractivity contribution is 5.75.